The van der Waals surface area contributed by atoms with Crippen LogP contribution in [-0.2, 0) is 25.6 Å². The minimum Gasteiger partial charge on any atom is -0.507 e. The number of ketones is 4. The number of benzene rings is 1. The van der Waals surface area contributed by atoms with Crippen LogP contribution in [0.5, 0.6) is 11.5 Å². The average molecular weight is 624 g/mol. The molecule has 1 heterocycles. The Bertz CT molecular complexity index is 1440. The fourth-order valence-corrected chi connectivity index (χ4v) is 8.07. The molecule has 0 aromatic heterocycles. The molecule has 4 N–H and O–H groups in total. The van der Waals surface area contributed by atoms with E-state index in [2.05, 4.69) is 4.74 Å². The Balaban J connectivity index is 1.68. The summed E-state index contributed by atoms with van der Waals surface area (Å²) in [5.74, 6) is -13.6. The Labute approximate surface area is 251 Å². The summed E-state index contributed by atoms with van der Waals surface area (Å²) >= 11 is 0. The number of nitrogens with zero attached hydrogens (tertiary/aromatic N) is 2. The number of carbonyl (C=O) groups excluding carboxylic acids is 5. The van der Waals surface area contributed by atoms with Crippen molar-refractivity contribution in [1.82, 2.24) is 9.80 Å². The predicted molar refractivity (Wildman–Crippen MR) is 146 cm³/mol. The third-order valence-electron chi connectivity index (χ3n) is 9.82. The van der Waals surface area contributed by atoms with Crippen LogP contribution in [0, 0.1) is 23.7 Å². The molecular formula is C30H36F3N3O8. The fraction of sp³-hybridized carbons (Fsp3) is 0.633. The maximum atomic E-state index is 14.0. The number of piperidine rings is 1. The van der Waals surface area contributed by atoms with Gasteiger partial charge in [-0.05, 0) is 72.2 Å². The first-order valence-electron chi connectivity index (χ1n) is 14.7. The second kappa shape index (κ2) is 10.9. The minimum absolute atomic E-state index is 0.0505. The van der Waals surface area contributed by atoms with E-state index in [-0.39, 0.29) is 30.0 Å². The highest BCUT2D eigenvalue weighted by atomic mass is 19.4. The third kappa shape index (κ3) is 4.81. The number of primary amides is 1. The number of fused-ring (bicyclic) bond motifs is 3. The second-order valence-electron chi connectivity index (χ2n) is 12.8. The number of hydrogen-bond donors (Lipinski definition) is 3. The molecule has 7 unspecified atom stereocenters. The number of Topliss-reactive ketones (excluding diaryl/α,β-unsaturated/α-hetero) is 4. The molecule has 2 saturated carbocycles. The van der Waals surface area contributed by atoms with Crippen molar-refractivity contribution in [3.63, 3.8) is 0 Å². The number of aliphatic hydroxyl groups is 1. The zero-order valence-corrected chi connectivity index (χ0v) is 24.8. The molecule has 14 heteroatoms. The summed E-state index contributed by atoms with van der Waals surface area (Å²) in [4.78, 5) is 70.1. The van der Waals surface area contributed by atoms with Gasteiger partial charge in [0.25, 0.3) is 0 Å². The molecule has 1 amide bonds. The van der Waals surface area contributed by atoms with Crippen LogP contribution in [0.4, 0.5) is 13.2 Å². The molecule has 44 heavy (non-hydrogen) atoms. The van der Waals surface area contributed by atoms with E-state index in [9.17, 15) is 47.4 Å². The standard InChI is InChI=1S/C30H36F3N3O8/c1-12(2)36-8-6-5-7-17(36)14-11-18(37)20-15(25(14)44-30(31,32)33)9-13-10-16-22(35(3)4)24(39)21(28(34)42)27(41)29(16,43)26(40)19(13)23(20)38/h11-13,16-17,19,21-22,37,43H,5-10H2,1-4H3,(H2,34,42). The number of alkyl halides is 3. The first kappa shape index (κ1) is 32.0. The molecule has 1 aliphatic heterocycles. The van der Waals surface area contributed by atoms with Crippen molar-refractivity contribution in [1.29, 1.82) is 0 Å². The van der Waals surface area contributed by atoms with Crippen molar-refractivity contribution in [3.05, 3.63) is 22.8 Å². The number of halogens is 3. The summed E-state index contributed by atoms with van der Waals surface area (Å²) in [5, 5.41) is 22.8. The lowest BCUT2D eigenvalue weighted by molar-refractivity contribution is -0.275. The molecule has 7 atom stereocenters. The Kier molecular flexibility index (Phi) is 7.95. The van der Waals surface area contributed by atoms with Gasteiger partial charge in [-0.15, -0.1) is 13.2 Å². The van der Waals surface area contributed by atoms with Gasteiger partial charge in [0, 0.05) is 29.1 Å². The number of phenolic OH excluding ortho intramolecular Hbond substituents is 1. The number of rotatable bonds is 5. The maximum absolute atomic E-state index is 14.0. The summed E-state index contributed by atoms with van der Waals surface area (Å²) in [5.41, 5.74) is 1.68. The van der Waals surface area contributed by atoms with Crippen LogP contribution >= 0.6 is 0 Å². The third-order valence-corrected chi connectivity index (χ3v) is 9.82. The SMILES string of the molecule is CC(C)N1CCCCC1c1cc(O)c2c(c1OC(F)(F)F)CC1CC3C(N(C)C)C(=O)C(C(N)=O)C(=O)C3(O)C(=O)C1C2=O. The highest BCUT2D eigenvalue weighted by Crippen LogP contribution is 2.54. The lowest BCUT2D eigenvalue weighted by Crippen LogP contribution is -2.74. The van der Waals surface area contributed by atoms with Crippen LogP contribution in [0.25, 0.3) is 0 Å². The number of hydrogen-bond acceptors (Lipinski definition) is 10. The highest BCUT2D eigenvalue weighted by Gasteiger charge is 2.69. The van der Waals surface area contributed by atoms with Gasteiger partial charge in [-0.3, -0.25) is 33.8 Å². The zero-order chi connectivity index (χ0) is 32.6. The molecule has 0 bridgehead atoms. The summed E-state index contributed by atoms with van der Waals surface area (Å²) < 4.78 is 46.3. The predicted octanol–water partition coefficient (Wildman–Crippen LogP) is 1.70. The zero-order valence-electron chi connectivity index (χ0n) is 24.8. The summed E-state index contributed by atoms with van der Waals surface area (Å²) in [7, 11) is 2.89. The first-order valence-corrected chi connectivity index (χ1v) is 14.7. The molecule has 3 aliphatic carbocycles. The van der Waals surface area contributed by atoms with E-state index in [1.54, 1.807) is 0 Å². The molecule has 0 radical (unpaired) electrons. The molecule has 5 rings (SSSR count). The van der Waals surface area contributed by atoms with Crippen LogP contribution in [0.1, 0.15) is 67.1 Å². The quantitative estimate of drug-likeness (QED) is 0.411. The Morgan fingerprint density at radius 1 is 1.16 bits per heavy atom. The van der Waals surface area contributed by atoms with Gasteiger partial charge in [-0.2, -0.15) is 0 Å². The lowest BCUT2D eigenvalue weighted by Gasteiger charge is -2.52. The number of amides is 1. The van der Waals surface area contributed by atoms with Crippen molar-refractivity contribution in [2.24, 2.45) is 29.4 Å². The van der Waals surface area contributed by atoms with Crippen molar-refractivity contribution < 1.29 is 52.1 Å². The van der Waals surface area contributed by atoms with Crippen molar-refractivity contribution in [2.45, 2.75) is 76.0 Å². The molecule has 240 valence electrons. The summed E-state index contributed by atoms with van der Waals surface area (Å²) in [6, 6.07) is -0.862. The maximum Gasteiger partial charge on any atom is 0.573 e. The smallest absolute Gasteiger partial charge is 0.507 e. The molecule has 0 spiro atoms. The first-order chi connectivity index (χ1) is 20.4. The number of likely N-dealkylation sites (tertiary alicyclic amines) is 1. The molecule has 1 saturated heterocycles. The topological polar surface area (TPSA) is 168 Å². The Morgan fingerprint density at radius 2 is 1.82 bits per heavy atom. The van der Waals surface area contributed by atoms with Crippen molar-refractivity contribution in [2.75, 3.05) is 20.6 Å². The van der Waals surface area contributed by atoms with Gasteiger partial charge in [-0.1, -0.05) is 6.42 Å². The van der Waals surface area contributed by atoms with E-state index in [1.807, 2.05) is 18.7 Å². The van der Waals surface area contributed by atoms with Gasteiger partial charge >= 0.3 is 6.36 Å². The van der Waals surface area contributed by atoms with Gasteiger partial charge in [-0.25, -0.2) is 0 Å². The van der Waals surface area contributed by atoms with Crippen LogP contribution in [0.15, 0.2) is 6.07 Å². The van der Waals surface area contributed by atoms with Crippen LogP contribution in [0.2, 0.25) is 0 Å². The number of phenols is 1. The molecule has 1 aromatic carbocycles. The second-order valence-corrected chi connectivity index (χ2v) is 12.8. The largest absolute Gasteiger partial charge is 0.573 e. The normalized spacial score (nSPS) is 32.9. The van der Waals surface area contributed by atoms with Crippen molar-refractivity contribution >= 4 is 29.0 Å². The van der Waals surface area contributed by atoms with Gasteiger partial charge < -0.3 is 20.7 Å². The number of likely N-dealkylation sites (N-methyl/N-ethyl adjacent to an activating group) is 1. The van der Waals surface area contributed by atoms with E-state index in [0.717, 1.165) is 18.9 Å². The monoisotopic (exact) mass is 623 g/mol. The number of carbonyl (C=O) groups is 5. The number of ether oxygens (including phenoxy) is 1. The fourth-order valence-electron chi connectivity index (χ4n) is 8.07. The van der Waals surface area contributed by atoms with E-state index in [4.69, 9.17) is 5.73 Å². The molecule has 11 nitrogen and oxygen atoms in total. The minimum atomic E-state index is -5.15. The summed E-state index contributed by atoms with van der Waals surface area (Å²) in [6.07, 6.45) is -3.75. The average Bonchev–Trinajstić information content (AvgIpc) is 2.91. The van der Waals surface area contributed by atoms with E-state index in [0.29, 0.717) is 13.0 Å². The van der Waals surface area contributed by atoms with E-state index < -0.39 is 93.8 Å². The molecule has 4 aliphatic rings. The van der Waals surface area contributed by atoms with Gasteiger partial charge in [0.1, 0.15) is 11.5 Å². The van der Waals surface area contributed by atoms with Crippen LogP contribution in [0.3, 0.4) is 0 Å². The summed E-state index contributed by atoms with van der Waals surface area (Å²) in [6.45, 7) is 4.41. The lowest BCUT2D eigenvalue weighted by atomic mass is 9.52. The van der Waals surface area contributed by atoms with Crippen molar-refractivity contribution in [3.8, 4) is 11.5 Å². The van der Waals surface area contributed by atoms with Gasteiger partial charge in [0.05, 0.1) is 17.5 Å². The van der Waals surface area contributed by atoms with Crippen LogP contribution in [-0.4, -0.2) is 93.7 Å². The van der Waals surface area contributed by atoms with Gasteiger partial charge in [0.15, 0.2) is 34.7 Å². The molecule has 1 aromatic rings. The van der Waals surface area contributed by atoms with E-state index >= 15 is 0 Å². The molecular weight excluding hydrogens is 587 g/mol. The Morgan fingerprint density at radius 3 is 2.39 bits per heavy atom. The number of nitrogens with two attached hydrogens (primary N) is 1. The van der Waals surface area contributed by atoms with E-state index in [1.165, 1.54) is 19.0 Å². The number of aromatic hydroxyl groups is 1. The van der Waals surface area contributed by atoms with Crippen LogP contribution < -0.4 is 10.5 Å². The van der Waals surface area contributed by atoms with Gasteiger partial charge in [0.2, 0.25) is 5.91 Å². The Hall–Kier alpha value is -3.36. The highest BCUT2D eigenvalue weighted by molar-refractivity contribution is 6.32. The molecule has 3 fully saturated rings.